The summed E-state index contributed by atoms with van der Waals surface area (Å²) in [5.74, 6) is 4.76. The zero-order chi connectivity index (χ0) is 45.6. The molecule has 0 saturated carbocycles. The fourth-order valence-electron chi connectivity index (χ4n) is 8.82. The number of benzene rings is 2. The molecule has 10 rings (SSSR count). The Morgan fingerprint density at radius 3 is 1.45 bits per heavy atom. The van der Waals surface area contributed by atoms with Crippen molar-refractivity contribution in [2.45, 2.75) is 100 Å². The molecule has 0 bridgehead atoms. The molecule has 0 aliphatic carbocycles. The molecule has 4 aromatic rings. The maximum atomic E-state index is 9.70. The lowest BCUT2D eigenvalue weighted by molar-refractivity contribution is -0.0569. The van der Waals surface area contributed by atoms with Gasteiger partial charge in [0.1, 0.15) is 24.6 Å². The largest absolute Gasteiger partial charge is 0.486 e. The zero-order valence-electron chi connectivity index (χ0n) is 39.1. The summed E-state index contributed by atoms with van der Waals surface area (Å²) >= 11 is 3.51. The van der Waals surface area contributed by atoms with Crippen molar-refractivity contribution in [1.82, 2.24) is 25.3 Å². The second-order valence-corrected chi connectivity index (χ2v) is 21.3. The minimum Gasteiger partial charge on any atom is -0.486 e. The van der Waals surface area contributed by atoms with Gasteiger partial charge in [-0.1, -0.05) is 62.4 Å². The summed E-state index contributed by atoms with van der Waals surface area (Å²) in [7, 11) is 0. The van der Waals surface area contributed by atoms with Crippen LogP contribution < -0.4 is 30.3 Å². The first-order chi connectivity index (χ1) is 30.7. The molecule has 64 heavy (non-hydrogen) atoms. The summed E-state index contributed by atoms with van der Waals surface area (Å²) < 4.78 is 28.9. The molecule has 0 amide bonds. The van der Waals surface area contributed by atoms with Gasteiger partial charge in [-0.05, 0) is 65.2 Å². The molecule has 346 valence electrons. The molecular formula is C48H66N8O6S2. The van der Waals surface area contributed by atoms with E-state index >= 15 is 0 Å². The summed E-state index contributed by atoms with van der Waals surface area (Å²) in [6.45, 7) is 22.9. The Labute approximate surface area is 387 Å². The number of aromatic nitrogens is 4. The second-order valence-electron chi connectivity index (χ2n) is 18.4. The van der Waals surface area contributed by atoms with Crippen LogP contribution in [0, 0.1) is 0 Å². The number of nitrogens with zero attached hydrogens (tertiary/aromatic N) is 6. The summed E-state index contributed by atoms with van der Waals surface area (Å²) in [6, 6.07) is 17.3. The third-order valence-electron chi connectivity index (χ3n) is 13.3. The molecule has 0 radical (unpaired) electrons. The molecule has 6 aliphatic heterocycles. The fourth-order valence-corrected chi connectivity index (χ4v) is 9.49. The first-order valence-electron chi connectivity index (χ1n) is 22.6. The van der Waals surface area contributed by atoms with E-state index in [1.807, 2.05) is 26.0 Å². The predicted molar refractivity (Wildman–Crippen MR) is 257 cm³/mol. The van der Waals surface area contributed by atoms with Crippen molar-refractivity contribution in [3.05, 3.63) is 71.0 Å². The van der Waals surface area contributed by atoms with Crippen molar-refractivity contribution >= 4 is 35.2 Å². The van der Waals surface area contributed by atoms with Crippen LogP contribution in [0.4, 0.5) is 11.6 Å². The number of aliphatic hydroxyl groups excluding tert-OH is 1. The smallest absolute Gasteiger partial charge is 0.184 e. The molecule has 2 aromatic carbocycles. The molecule has 0 spiro atoms. The van der Waals surface area contributed by atoms with Crippen LogP contribution in [0.25, 0.3) is 22.8 Å². The summed E-state index contributed by atoms with van der Waals surface area (Å²) in [5.41, 5.74) is 11.7. The number of hydrogen-bond donors (Lipinski definition) is 3. The molecule has 16 heteroatoms. The number of anilines is 2. The minimum absolute atomic E-state index is 0.0986. The lowest BCUT2D eigenvalue weighted by Gasteiger charge is -2.45. The SMILES string of the molecule is CC.CSC(C)(C)c1nc(-c2ccc(C3(CO)CN3)cc2)nc2c1OC[C@@H]1COC[C@@H](C)N21.CSC(C)(C)c1nc(-c2ccc(C3(N)COC3)cc2)nc2c1OC[C@@H]1COC[C@@H](C)N21. The molecule has 2 aromatic heterocycles. The Balaban J connectivity index is 0.000000169. The van der Waals surface area contributed by atoms with Gasteiger partial charge in [0.05, 0.1) is 91.0 Å². The molecule has 6 aliphatic rings. The van der Waals surface area contributed by atoms with Gasteiger partial charge in [0.2, 0.25) is 0 Å². The number of nitrogens with one attached hydrogen (secondary N) is 1. The van der Waals surface area contributed by atoms with Gasteiger partial charge in [-0.2, -0.15) is 23.5 Å². The number of morpholine rings is 2. The van der Waals surface area contributed by atoms with Gasteiger partial charge in [0.25, 0.3) is 0 Å². The summed E-state index contributed by atoms with van der Waals surface area (Å²) in [6.07, 6.45) is 4.20. The molecular weight excluding hydrogens is 849 g/mol. The van der Waals surface area contributed by atoms with E-state index in [2.05, 4.69) is 106 Å². The fraction of sp³-hybridized carbons (Fsp3) is 0.583. The minimum atomic E-state index is -0.383. The Morgan fingerprint density at radius 2 is 1.09 bits per heavy atom. The molecule has 4 fully saturated rings. The van der Waals surface area contributed by atoms with Gasteiger partial charge in [-0.25, -0.2) is 19.9 Å². The zero-order valence-corrected chi connectivity index (χ0v) is 40.7. The third-order valence-corrected chi connectivity index (χ3v) is 15.7. The van der Waals surface area contributed by atoms with Crippen molar-refractivity contribution in [2.24, 2.45) is 5.73 Å². The highest BCUT2D eigenvalue weighted by molar-refractivity contribution is 7.99. The highest BCUT2D eigenvalue weighted by atomic mass is 32.2. The van der Waals surface area contributed by atoms with Gasteiger partial charge < -0.3 is 49.6 Å². The van der Waals surface area contributed by atoms with Crippen molar-refractivity contribution in [3.63, 3.8) is 0 Å². The summed E-state index contributed by atoms with van der Waals surface area (Å²) in [5, 5.41) is 13.0. The third kappa shape index (κ3) is 8.69. The summed E-state index contributed by atoms with van der Waals surface area (Å²) in [4.78, 5) is 24.8. The van der Waals surface area contributed by atoms with Crippen LogP contribution in [-0.2, 0) is 34.8 Å². The number of hydrogen-bond acceptors (Lipinski definition) is 16. The normalized spacial score (nSPS) is 25.2. The van der Waals surface area contributed by atoms with Crippen LogP contribution in [0.15, 0.2) is 48.5 Å². The van der Waals surface area contributed by atoms with Crippen molar-refractivity contribution in [3.8, 4) is 34.3 Å². The van der Waals surface area contributed by atoms with Crippen LogP contribution in [0.1, 0.15) is 77.9 Å². The Morgan fingerprint density at radius 1 is 0.672 bits per heavy atom. The van der Waals surface area contributed by atoms with E-state index in [4.69, 9.17) is 49.4 Å². The topological polar surface area (TPSA) is 172 Å². The van der Waals surface area contributed by atoms with E-state index in [0.717, 1.165) is 63.3 Å². The van der Waals surface area contributed by atoms with Gasteiger partial charge in [0.15, 0.2) is 34.8 Å². The number of aliphatic hydroxyl groups is 1. The van der Waals surface area contributed by atoms with Crippen LogP contribution in [-0.4, -0.2) is 128 Å². The number of ether oxygens (including phenoxy) is 5. The van der Waals surface area contributed by atoms with E-state index < -0.39 is 0 Å². The van der Waals surface area contributed by atoms with Crippen molar-refractivity contribution < 1.29 is 28.8 Å². The van der Waals surface area contributed by atoms with E-state index in [1.54, 1.807) is 23.5 Å². The molecule has 5 atom stereocenters. The highest BCUT2D eigenvalue weighted by Crippen LogP contribution is 2.48. The van der Waals surface area contributed by atoms with Gasteiger partial charge >= 0.3 is 0 Å². The predicted octanol–water partition coefficient (Wildman–Crippen LogP) is 6.46. The van der Waals surface area contributed by atoms with E-state index in [0.29, 0.717) is 64.5 Å². The number of rotatable bonds is 9. The van der Waals surface area contributed by atoms with Gasteiger partial charge in [0, 0.05) is 17.7 Å². The Kier molecular flexibility index (Phi) is 13.5. The Bertz CT molecular complexity index is 2130. The highest BCUT2D eigenvalue weighted by Gasteiger charge is 2.44. The quantitative estimate of drug-likeness (QED) is 0.156. The lowest BCUT2D eigenvalue weighted by atomic mass is 9.89. The second kappa shape index (κ2) is 18.5. The molecule has 4 N–H and O–H groups in total. The van der Waals surface area contributed by atoms with Crippen molar-refractivity contribution in [1.29, 1.82) is 0 Å². The average Bonchev–Trinajstić information content (AvgIpc) is 4.12. The standard InChI is InChI=1S/2C23H30N4O3S.C2H6/c1-14-9-28-10-17-11-30-18-19(22(2,3)31-4)25-20(26-21(18)27(14)17)15-5-7-16(8-6-15)23(24)12-29-13-23;1-14-9-29-10-17-11-30-18-19(22(2,3)31-4)25-20(26-21(18)27(14)17)15-5-7-16(8-6-15)23(13-28)12-24-23;1-2/h5-8,14,17H,9-13,24H2,1-4H3;5-8,14,17,24,28H,9-13H2,1-4H3;1-2H3/t14-,17+;14-,17+,23?;/m11./s1. The first kappa shape index (κ1) is 46.8. The molecule has 1 unspecified atom stereocenters. The van der Waals surface area contributed by atoms with Crippen molar-refractivity contribution in [2.75, 3.05) is 88.3 Å². The van der Waals surface area contributed by atoms with Gasteiger partial charge in [-0.3, -0.25) is 0 Å². The van der Waals surface area contributed by atoms with Crippen LogP contribution in [0.5, 0.6) is 11.5 Å². The van der Waals surface area contributed by atoms with Gasteiger partial charge in [-0.15, -0.1) is 0 Å². The molecule has 14 nitrogen and oxygen atoms in total. The van der Waals surface area contributed by atoms with E-state index in [9.17, 15) is 5.11 Å². The molecule has 8 heterocycles. The monoisotopic (exact) mass is 914 g/mol. The maximum Gasteiger partial charge on any atom is 0.184 e. The number of nitrogens with two attached hydrogens (primary N) is 1. The number of fused-ring (bicyclic) bond motifs is 6. The first-order valence-corrected chi connectivity index (χ1v) is 25.0. The average molecular weight is 915 g/mol. The van der Waals surface area contributed by atoms with E-state index in [-0.39, 0.29) is 51.3 Å². The van der Waals surface area contributed by atoms with Crippen LogP contribution in [0.2, 0.25) is 0 Å². The Hall–Kier alpha value is -3.74. The van der Waals surface area contributed by atoms with Crippen LogP contribution >= 0.6 is 23.5 Å². The lowest BCUT2D eigenvalue weighted by Crippen LogP contribution is -2.56. The maximum absolute atomic E-state index is 9.70. The number of thioether (sulfide) groups is 2. The van der Waals surface area contributed by atoms with E-state index in [1.165, 1.54) is 0 Å². The molecule has 4 saturated heterocycles. The van der Waals surface area contributed by atoms with Crippen LogP contribution in [0.3, 0.4) is 0 Å².